The van der Waals surface area contributed by atoms with E-state index in [1.54, 1.807) is 24.3 Å². The molecule has 1 saturated heterocycles. The number of H-pyrrole nitrogens is 1. The van der Waals surface area contributed by atoms with Crippen LogP contribution < -0.4 is 21.3 Å². The number of amides is 5. The van der Waals surface area contributed by atoms with Crippen molar-refractivity contribution in [2.45, 2.75) is 71.3 Å². The van der Waals surface area contributed by atoms with Crippen LogP contribution >= 0.6 is 0 Å². The monoisotopic (exact) mass is 680 g/mol. The molecule has 0 bridgehead atoms. The molecule has 3 aliphatic heterocycles. The number of nitrogens with one attached hydrogen (secondary N) is 5. The van der Waals surface area contributed by atoms with Crippen molar-refractivity contribution in [3.05, 3.63) is 93.7 Å². The number of anilines is 2. The molecule has 11 nitrogen and oxygen atoms in total. The van der Waals surface area contributed by atoms with Gasteiger partial charge in [-0.2, -0.15) is 0 Å². The molecular weight excluding hydrogens is 639 g/mol. The fraction of sp³-hybridized carbons (Fsp3) is 0.342. The van der Waals surface area contributed by atoms with Gasteiger partial charge in [0, 0.05) is 47.1 Å². The second kappa shape index (κ2) is 14.5. The SMILES string of the molecule is C=C1CCC(N2C(=O)c3cccc(NCCCCCCCCNC(=O)c4c(C)[nH]c(/C=C5\C(=O)Nc6ccc(F)cc65)c4C)c3C2=O)C(=O)N1. The van der Waals surface area contributed by atoms with Gasteiger partial charge in [0.15, 0.2) is 0 Å². The predicted octanol–water partition coefficient (Wildman–Crippen LogP) is 5.83. The van der Waals surface area contributed by atoms with Crippen molar-refractivity contribution < 1.29 is 28.4 Å². The molecule has 0 aliphatic carbocycles. The van der Waals surface area contributed by atoms with E-state index in [0.717, 1.165) is 49.0 Å². The first kappa shape index (κ1) is 34.3. The van der Waals surface area contributed by atoms with Crippen LogP contribution in [0.2, 0.25) is 0 Å². The summed E-state index contributed by atoms with van der Waals surface area (Å²) in [5.41, 5.74) is 5.77. The summed E-state index contributed by atoms with van der Waals surface area (Å²) < 4.78 is 13.8. The maximum atomic E-state index is 13.8. The third kappa shape index (κ3) is 6.83. The summed E-state index contributed by atoms with van der Waals surface area (Å²) in [7, 11) is 0. The number of hydrogen-bond acceptors (Lipinski definition) is 6. The number of aromatic nitrogens is 1. The van der Waals surface area contributed by atoms with E-state index in [1.807, 2.05) is 13.8 Å². The van der Waals surface area contributed by atoms with Crippen molar-refractivity contribution in [1.82, 2.24) is 20.5 Å². The van der Waals surface area contributed by atoms with Gasteiger partial charge in [0.05, 0.1) is 22.3 Å². The van der Waals surface area contributed by atoms with E-state index in [4.69, 9.17) is 0 Å². The molecule has 3 aromatic rings. The average Bonchev–Trinajstić information content (AvgIpc) is 3.64. The van der Waals surface area contributed by atoms with Gasteiger partial charge in [0.2, 0.25) is 5.91 Å². The van der Waals surface area contributed by atoms with Crippen LogP contribution in [0.1, 0.15) is 105 Å². The van der Waals surface area contributed by atoms with Crippen LogP contribution in [0.25, 0.3) is 11.6 Å². The van der Waals surface area contributed by atoms with Gasteiger partial charge in [-0.25, -0.2) is 4.39 Å². The Balaban J connectivity index is 0.910. The molecule has 50 heavy (non-hydrogen) atoms. The molecule has 4 heterocycles. The molecule has 1 fully saturated rings. The first-order valence-corrected chi connectivity index (χ1v) is 17.1. The lowest BCUT2D eigenvalue weighted by atomic mass is 10.0. The van der Waals surface area contributed by atoms with E-state index in [1.165, 1.54) is 18.2 Å². The van der Waals surface area contributed by atoms with Crippen molar-refractivity contribution in [2.24, 2.45) is 0 Å². The largest absolute Gasteiger partial charge is 0.384 e. The Kier molecular flexibility index (Phi) is 9.98. The lowest BCUT2D eigenvalue weighted by Gasteiger charge is -2.29. The molecule has 1 aromatic heterocycles. The van der Waals surface area contributed by atoms with Crippen LogP contribution in [0.3, 0.4) is 0 Å². The molecule has 5 N–H and O–H groups in total. The Morgan fingerprint density at radius 2 is 1.70 bits per heavy atom. The molecule has 3 aliphatic rings. The van der Waals surface area contributed by atoms with E-state index in [-0.39, 0.29) is 17.7 Å². The fourth-order valence-corrected chi connectivity index (χ4v) is 6.92. The van der Waals surface area contributed by atoms with E-state index in [9.17, 15) is 28.4 Å². The van der Waals surface area contributed by atoms with Crippen LogP contribution in [0.4, 0.5) is 15.8 Å². The maximum Gasteiger partial charge on any atom is 0.264 e. The minimum atomic E-state index is -0.840. The molecule has 12 heteroatoms. The Bertz CT molecular complexity index is 1950. The molecule has 5 amide bonds. The molecule has 0 radical (unpaired) electrons. The highest BCUT2D eigenvalue weighted by Gasteiger charge is 2.45. The summed E-state index contributed by atoms with van der Waals surface area (Å²) >= 11 is 0. The number of rotatable bonds is 13. The van der Waals surface area contributed by atoms with Crippen molar-refractivity contribution in [1.29, 1.82) is 0 Å². The van der Waals surface area contributed by atoms with Gasteiger partial charge < -0.3 is 26.3 Å². The summed E-state index contributed by atoms with van der Waals surface area (Å²) in [5, 5.41) is 11.7. The molecule has 2 aromatic carbocycles. The number of nitrogens with zero attached hydrogens (tertiary/aromatic N) is 1. The summed E-state index contributed by atoms with van der Waals surface area (Å²) in [5.74, 6) is -2.21. The second-order valence-corrected chi connectivity index (χ2v) is 13.0. The smallest absolute Gasteiger partial charge is 0.264 e. The van der Waals surface area contributed by atoms with E-state index in [2.05, 4.69) is 32.8 Å². The van der Waals surface area contributed by atoms with Crippen LogP contribution in [-0.2, 0) is 9.59 Å². The summed E-state index contributed by atoms with van der Waals surface area (Å²) in [6.45, 7) is 8.58. The standard InChI is InChI=1S/C38H41FN6O5/c1-21-13-16-31(35(47)42-21)45-37(49)25-11-10-12-29(33(25)38(45)50)40-17-8-6-4-5-7-9-18-41-36(48)32-22(2)30(43-23(32)3)20-27-26-19-24(39)14-15-28(26)44-34(27)46/h10-12,14-15,19-20,31,40,43H,1,4-9,13,16-18H2,2-3H3,(H,41,48)(H,42,47)(H,44,46)/b27-20-. The van der Waals surface area contributed by atoms with E-state index < -0.39 is 23.7 Å². The van der Waals surface area contributed by atoms with Crippen LogP contribution in [0, 0.1) is 19.7 Å². The number of fused-ring (bicyclic) bond motifs is 2. The number of piperidine rings is 1. The Hall–Kier alpha value is -5.52. The Labute approximate surface area is 289 Å². The van der Waals surface area contributed by atoms with Gasteiger partial charge in [-0.05, 0) is 81.5 Å². The lowest BCUT2D eigenvalue weighted by Crippen LogP contribution is -2.51. The highest BCUT2D eigenvalue weighted by Crippen LogP contribution is 2.35. The first-order valence-electron chi connectivity index (χ1n) is 17.1. The van der Waals surface area contributed by atoms with Crippen LogP contribution in [0.5, 0.6) is 0 Å². The molecule has 0 spiro atoms. The van der Waals surface area contributed by atoms with Gasteiger partial charge in [-0.3, -0.25) is 28.9 Å². The minimum Gasteiger partial charge on any atom is -0.384 e. The molecule has 6 rings (SSSR count). The summed E-state index contributed by atoms with van der Waals surface area (Å²) in [6, 6.07) is 8.47. The zero-order valence-electron chi connectivity index (χ0n) is 28.3. The van der Waals surface area contributed by atoms with Gasteiger partial charge in [-0.1, -0.05) is 38.3 Å². The number of halogens is 1. The molecule has 0 saturated carbocycles. The van der Waals surface area contributed by atoms with Gasteiger partial charge in [0.25, 0.3) is 23.6 Å². The number of unbranched alkanes of at least 4 members (excludes halogenated alkanes) is 5. The Morgan fingerprint density at radius 3 is 2.46 bits per heavy atom. The third-order valence-electron chi connectivity index (χ3n) is 9.54. The zero-order valence-corrected chi connectivity index (χ0v) is 28.3. The van der Waals surface area contributed by atoms with Crippen molar-refractivity contribution in [3.8, 4) is 0 Å². The number of hydrogen-bond donors (Lipinski definition) is 5. The molecule has 260 valence electrons. The summed E-state index contributed by atoms with van der Waals surface area (Å²) in [6.07, 6.45) is 8.22. The maximum absolute atomic E-state index is 13.8. The number of aromatic amines is 1. The lowest BCUT2D eigenvalue weighted by molar-refractivity contribution is -0.125. The second-order valence-electron chi connectivity index (χ2n) is 13.0. The zero-order chi connectivity index (χ0) is 35.5. The van der Waals surface area contributed by atoms with Crippen LogP contribution in [0.15, 0.2) is 48.7 Å². The van der Waals surface area contributed by atoms with Crippen molar-refractivity contribution in [3.63, 3.8) is 0 Å². The number of aryl methyl sites for hydroxylation is 1. The summed E-state index contributed by atoms with van der Waals surface area (Å²) in [4.78, 5) is 68.8. The number of carbonyl (C=O) groups excluding carboxylic acids is 5. The molecular formula is C38H41FN6O5. The molecule has 1 atom stereocenters. The average molecular weight is 681 g/mol. The first-order chi connectivity index (χ1) is 24.0. The normalized spacial score (nSPS) is 17.6. The number of benzene rings is 2. The number of allylic oxidation sites excluding steroid dienone is 1. The van der Waals surface area contributed by atoms with E-state index >= 15 is 0 Å². The fourth-order valence-electron chi connectivity index (χ4n) is 6.92. The molecule has 1 unspecified atom stereocenters. The van der Waals surface area contributed by atoms with E-state index in [0.29, 0.717) is 82.2 Å². The number of carbonyl (C=O) groups is 5. The van der Waals surface area contributed by atoms with Crippen molar-refractivity contribution in [2.75, 3.05) is 23.7 Å². The van der Waals surface area contributed by atoms with Gasteiger partial charge in [0.1, 0.15) is 11.9 Å². The topological polar surface area (TPSA) is 152 Å². The Morgan fingerprint density at radius 1 is 0.960 bits per heavy atom. The predicted molar refractivity (Wildman–Crippen MR) is 189 cm³/mol. The minimum absolute atomic E-state index is 0.182. The third-order valence-corrected chi connectivity index (χ3v) is 9.54. The quantitative estimate of drug-likeness (QED) is 0.0870. The number of imide groups is 1. The van der Waals surface area contributed by atoms with Crippen molar-refractivity contribution >= 4 is 52.6 Å². The van der Waals surface area contributed by atoms with Gasteiger partial charge in [-0.15, -0.1) is 0 Å². The highest BCUT2D eigenvalue weighted by atomic mass is 19.1. The van der Waals surface area contributed by atoms with Crippen LogP contribution in [-0.4, -0.2) is 58.6 Å². The highest BCUT2D eigenvalue weighted by molar-refractivity contribution is 6.35. The van der Waals surface area contributed by atoms with Gasteiger partial charge >= 0.3 is 0 Å².